The maximum absolute atomic E-state index is 11.9. The van der Waals surface area contributed by atoms with Gasteiger partial charge in [0.2, 0.25) is 0 Å². The fourth-order valence-electron chi connectivity index (χ4n) is 2.14. The first kappa shape index (κ1) is 14.4. The number of rotatable bonds is 3. The van der Waals surface area contributed by atoms with Gasteiger partial charge in [-0.1, -0.05) is 35.8 Å². The maximum Gasteiger partial charge on any atom is 0.267 e. The van der Waals surface area contributed by atoms with Crippen molar-refractivity contribution in [2.75, 3.05) is 11.9 Å². The number of hydrogen-bond acceptors (Lipinski definition) is 2. The molecular weight excluding hydrogens is 306 g/mol. The molecule has 2 rings (SSSR count). The summed E-state index contributed by atoms with van der Waals surface area (Å²) in [6.45, 7) is 6.17. The van der Waals surface area contributed by atoms with E-state index >= 15 is 0 Å². The van der Waals surface area contributed by atoms with Gasteiger partial charge in [-0.3, -0.25) is 4.79 Å². The highest BCUT2D eigenvalue weighted by atomic mass is 79.9. The van der Waals surface area contributed by atoms with E-state index in [4.69, 9.17) is 4.74 Å². The molecule has 1 amide bonds. The second-order valence-electron chi connectivity index (χ2n) is 5.42. The standard InChI is InChI=1S/C15H20BrNO2/c1-9(2)12(16)7-11-5-6-14-13(8-11)17(4)15(18)10(3)19-14/h5-6,8-10,12H,7H2,1-4H3. The van der Waals surface area contributed by atoms with E-state index in [1.807, 2.05) is 6.07 Å². The number of fused-ring (bicyclic) bond motifs is 1. The van der Waals surface area contributed by atoms with Gasteiger partial charge in [-0.2, -0.15) is 0 Å². The van der Waals surface area contributed by atoms with Crippen LogP contribution in [0.25, 0.3) is 0 Å². The highest BCUT2D eigenvalue weighted by molar-refractivity contribution is 9.09. The van der Waals surface area contributed by atoms with E-state index in [9.17, 15) is 4.79 Å². The topological polar surface area (TPSA) is 29.5 Å². The zero-order valence-electron chi connectivity index (χ0n) is 11.8. The van der Waals surface area contributed by atoms with Crippen LogP contribution in [0.3, 0.4) is 0 Å². The lowest BCUT2D eigenvalue weighted by Crippen LogP contribution is -2.42. The second kappa shape index (κ2) is 5.53. The first-order chi connectivity index (χ1) is 8.90. The molecule has 1 aromatic rings. The Bertz CT molecular complexity index is 487. The third kappa shape index (κ3) is 2.94. The minimum atomic E-state index is -0.400. The lowest BCUT2D eigenvalue weighted by atomic mass is 10.0. The van der Waals surface area contributed by atoms with Crippen LogP contribution >= 0.6 is 15.9 Å². The minimum absolute atomic E-state index is 0.00361. The Balaban J connectivity index is 2.26. The van der Waals surface area contributed by atoms with Gasteiger partial charge in [-0.05, 0) is 37.0 Å². The summed E-state index contributed by atoms with van der Waals surface area (Å²) in [6.07, 6.45) is 0.547. The van der Waals surface area contributed by atoms with Crippen molar-refractivity contribution in [2.24, 2.45) is 5.92 Å². The number of anilines is 1. The average Bonchev–Trinajstić information content (AvgIpc) is 2.37. The molecule has 1 aliphatic heterocycles. The summed E-state index contributed by atoms with van der Waals surface area (Å²) in [7, 11) is 1.80. The fraction of sp³-hybridized carbons (Fsp3) is 0.533. The van der Waals surface area contributed by atoms with Crippen LogP contribution in [0.15, 0.2) is 18.2 Å². The molecule has 0 aromatic heterocycles. The van der Waals surface area contributed by atoms with Crippen LogP contribution in [-0.4, -0.2) is 23.9 Å². The molecule has 0 radical (unpaired) electrons. The Labute approximate surface area is 123 Å². The van der Waals surface area contributed by atoms with E-state index < -0.39 is 6.10 Å². The van der Waals surface area contributed by atoms with Crippen molar-refractivity contribution in [1.82, 2.24) is 0 Å². The highest BCUT2D eigenvalue weighted by Gasteiger charge is 2.29. The summed E-state index contributed by atoms with van der Waals surface area (Å²) in [5.41, 5.74) is 2.08. The molecule has 104 valence electrons. The number of halogens is 1. The normalized spacial score (nSPS) is 20.2. The van der Waals surface area contributed by atoms with Crippen molar-refractivity contribution in [3.05, 3.63) is 23.8 Å². The number of carbonyl (C=O) groups excluding carboxylic acids is 1. The van der Waals surface area contributed by atoms with Gasteiger partial charge in [0, 0.05) is 11.9 Å². The Morgan fingerprint density at radius 3 is 2.74 bits per heavy atom. The van der Waals surface area contributed by atoms with Gasteiger partial charge in [0.15, 0.2) is 6.10 Å². The summed E-state index contributed by atoms with van der Waals surface area (Å²) < 4.78 is 5.62. The van der Waals surface area contributed by atoms with E-state index in [0.717, 1.165) is 17.9 Å². The van der Waals surface area contributed by atoms with E-state index in [-0.39, 0.29) is 5.91 Å². The number of amides is 1. The monoisotopic (exact) mass is 325 g/mol. The van der Waals surface area contributed by atoms with E-state index in [2.05, 4.69) is 41.9 Å². The molecule has 0 aliphatic carbocycles. The largest absolute Gasteiger partial charge is 0.479 e. The number of alkyl halides is 1. The van der Waals surface area contributed by atoms with Crippen molar-refractivity contribution in [2.45, 2.75) is 38.1 Å². The average molecular weight is 326 g/mol. The number of hydrogen-bond donors (Lipinski definition) is 0. The summed E-state index contributed by atoms with van der Waals surface area (Å²) in [6, 6.07) is 6.09. The molecule has 0 saturated heterocycles. The first-order valence-corrected chi connectivity index (χ1v) is 7.53. The van der Waals surface area contributed by atoms with Crippen molar-refractivity contribution in [3.8, 4) is 5.75 Å². The van der Waals surface area contributed by atoms with Gasteiger partial charge in [-0.25, -0.2) is 0 Å². The molecule has 2 atom stereocenters. The highest BCUT2D eigenvalue weighted by Crippen LogP contribution is 2.34. The minimum Gasteiger partial charge on any atom is -0.479 e. The number of benzene rings is 1. The van der Waals surface area contributed by atoms with Crippen LogP contribution in [0.5, 0.6) is 5.75 Å². The smallest absolute Gasteiger partial charge is 0.267 e. The summed E-state index contributed by atoms with van der Waals surface area (Å²) in [5, 5.41) is 0. The van der Waals surface area contributed by atoms with E-state index in [1.165, 1.54) is 5.56 Å². The second-order valence-corrected chi connectivity index (χ2v) is 6.60. The van der Waals surface area contributed by atoms with E-state index in [0.29, 0.717) is 10.7 Å². The molecule has 1 heterocycles. The van der Waals surface area contributed by atoms with Crippen molar-refractivity contribution >= 4 is 27.5 Å². The third-order valence-electron chi connectivity index (χ3n) is 3.52. The lowest BCUT2D eigenvalue weighted by Gasteiger charge is -2.30. The number of nitrogens with zero attached hydrogens (tertiary/aromatic N) is 1. The number of carbonyl (C=O) groups is 1. The molecule has 1 aromatic carbocycles. The SMILES string of the molecule is CC1Oc2ccc(CC(Br)C(C)C)cc2N(C)C1=O. The van der Waals surface area contributed by atoms with Crippen LogP contribution in [0.4, 0.5) is 5.69 Å². The number of likely N-dealkylation sites (N-methyl/N-ethyl adjacent to an activating group) is 1. The van der Waals surface area contributed by atoms with Gasteiger partial charge in [0.1, 0.15) is 5.75 Å². The summed E-state index contributed by atoms with van der Waals surface area (Å²) >= 11 is 3.70. The molecule has 3 nitrogen and oxygen atoms in total. The zero-order valence-corrected chi connectivity index (χ0v) is 13.4. The molecule has 0 fully saturated rings. The van der Waals surface area contributed by atoms with Gasteiger partial charge >= 0.3 is 0 Å². The van der Waals surface area contributed by atoms with E-state index in [1.54, 1.807) is 18.9 Å². The van der Waals surface area contributed by atoms with Gasteiger partial charge in [-0.15, -0.1) is 0 Å². The lowest BCUT2D eigenvalue weighted by molar-refractivity contribution is -0.125. The van der Waals surface area contributed by atoms with Crippen LogP contribution in [0, 0.1) is 5.92 Å². The van der Waals surface area contributed by atoms with Crippen LogP contribution < -0.4 is 9.64 Å². The summed E-state index contributed by atoms with van der Waals surface area (Å²) in [5.74, 6) is 1.37. The van der Waals surface area contributed by atoms with Gasteiger partial charge in [0.25, 0.3) is 5.91 Å². The van der Waals surface area contributed by atoms with Crippen molar-refractivity contribution in [1.29, 1.82) is 0 Å². The maximum atomic E-state index is 11.9. The molecule has 4 heteroatoms. The Morgan fingerprint density at radius 2 is 2.11 bits per heavy atom. The number of ether oxygens (including phenoxy) is 1. The molecule has 0 spiro atoms. The molecule has 19 heavy (non-hydrogen) atoms. The van der Waals surface area contributed by atoms with Crippen LogP contribution in [-0.2, 0) is 11.2 Å². The zero-order chi connectivity index (χ0) is 14.2. The van der Waals surface area contributed by atoms with Crippen LogP contribution in [0.1, 0.15) is 26.3 Å². The Morgan fingerprint density at radius 1 is 1.42 bits per heavy atom. The van der Waals surface area contributed by atoms with Crippen molar-refractivity contribution < 1.29 is 9.53 Å². The fourth-order valence-corrected chi connectivity index (χ4v) is 2.52. The molecule has 0 N–H and O–H groups in total. The molecule has 2 unspecified atom stereocenters. The molecule has 0 saturated carbocycles. The predicted molar refractivity (Wildman–Crippen MR) is 81.2 cm³/mol. The van der Waals surface area contributed by atoms with Gasteiger partial charge in [0.05, 0.1) is 5.69 Å². The molecule has 1 aliphatic rings. The third-order valence-corrected chi connectivity index (χ3v) is 4.90. The van der Waals surface area contributed by atoms with Crippen molar-refractivity contribution in [3.63, 3.8) is 0 Å². The quantitative estimate of drug-likeness (QED) is 0.797. The van der Waals surface area contributed by atoms with Gasteiger partial charge < -0.3 is 9.64 Å². The van der Waals surface area contributed by atoms with Crippen LogP contribution in [0.2, 0.25) is 0 Å². The predicted octanol–water partition coefficient (Wildman–Crippen LogP) is 3.39. The molecular formula is C15H20BrNO2. The summed E-state index contributed by atoms with van der Waals surface area (Å²) in [4.78, 5) is 14.0. The molecule has 0 bridgehead atoms. The Hall–Kier alpha value is -1.03. The first-order valence-electron chi connectivity index (χ1n) is 6.61. The Kier molecular flexibility index (Phi) is 4.19.